The summed E-state index contributed by atoms with van der Waals surface area (Å²) in [7, 11) is -3.35. The highest BCUT2D eigenvalue weighted by atomic mass is 32.2. The van der Waals surface area contributed by atoms with Crippen LogP contribution in [0.15, 0.2) is 0 Å². The van der Waals surface area contributed by atoms with E-state index < -0.39 is 33.4 Å². The second-order valence-corrected chi connectivity index (χ2v) is 8.42. The molecule has 1 saturated heterocycles. The van der Waals surface area contributed by atoms with Crippen LogP contribution in [0.4, 0.5) is 4.79 Å². The van der Waals surface area contributed by atoms with Crippen LogP contribution in [-0.2, 0) is 14.8 Å². The molecular weight excluding hydrogens is 284 g/mol. The molecule has 0 bridgehead atoms. The lowest BCUT2D eigenvalue weighted by Gasteiger charge is -2.42. The van der Waals surface area contributed by atoms with Gasteiger partial charge < -0.3 is 15.2 Å². The quantitative estimate of drug-likeness (QED) is 0.764. The summed E-state index contributed by atoms with van der Waals surface area (Å²) in [6.45, 7) is 6.96. The first-order valence-electron chi connectivity index (χ1n) is 6.48. The summed E-state index contributed by atoms with van der Waals surface area (Å²) in [6, 6.07) is -0.546. The first kappa shape index (κ1) is 17.2. The second-order valence-electron chi connectivity index (χ2n) is 6.44. The molecule has 118 valence electrons. The number of piperidine rings is 1. The zero-order chi connectivity index (χ0) is 15.8. The van der Waals surface area contributed by atoms with E-state index in [0.29, 0.717) is 6.42 Å². The lowest BCUT2D eigenvalue weighted by molar-refractivity contribution is -0.0263. The molecule has 1 rings (SSSR count). The van der Waals surface area contributed by atoms with E-state index in [1.54, 1.807) is 20.8 Å². The lowest BCUT2D eigenvalue weighted by atomic mass is 9.90. The Labute approximate surface area is 120 Å². The third-order valence-electron chi connectivity index (χ3n) is 3.07. The number of ether oxygens (including phenoxy) is 1. The molecule has 0 saturated carbocycles. The van der Waals surface area contributed by atoms with Crippen LogP contribution in [0.5, 0.6) is 0 Å². The number of carbonyl (C=O) groups excluding carboxylic acids is 1. The number of hydrogen-bond acceptors (Lipinski definition) is 5. The number of nitrogens with one attached hydrogen (secondary N) is 1. The van der Waals surface area contributed by atoms with Crippen LogP contribution < -0.4 is 5.32 Å². The summed E-state index contributed by atoms with van der Waals surface area (Å²) in [5, 5.41) is 12.9. The van der Waals surface area contributed by atoms with Crippen molar-refractivity contribution in [1.82, 2.24) is 9.62 Å². The van der Waals surface area contributed by atoms with E-state index in [1.165, 1.54) is 11.2 Å². The maximum absolute atomic E-state index is 11.7. The topological polar surface area (TPSA) is 95.9 Å². The zero-order valence-electron chi connectivity index (χ0n) is 12.6. The summed E-state index contributed by atoms with van der Waals surface area (Å²) in [5.74, 6) is 0. The van der Waals surface area contributed by atoms with Crippen molar-refractivity contribution in [3.05, 3.63) is 0 Å². The molecule has 2 atom stereocenters. The van der Waals surface area contributed by atoms with E-state index in [0.717, 1.165) is 6.26 Å². The van der Waals surface area contributed by atoms with Gasteiger partial charge in [-0.05, 0) is 34.1 Å². The van der Waals surface area contributed by atoms with Crippen molar-refractivity contribution in [3.8, 4) is 0 Å². The molecule has 8 heteroatoms. The fourth-order valence-electron chi connectivity index (χ4n) is 2.09. The van der Waals surface area contributed by atoms with Gasteiger partial charge in [-0.3, -0.25) is 0 Å². The van der Waals surface area contributed by atoms with Crippen LogP contribution in [-0.4, -0.2) is 60.5 Å². The van der Waals surface area contributed by atoms with Crippen molar-refractivity contribution in [3.63, 3.8) is 0 Å². The summed E-state index contributed by atoms with van der Waals surface area (Å²) in [4.78, 5) is 11.7. The van der Waals surface area contributed by atoms with Gasteiger partial charge in [0.1, 0.15) is 5.60 Å². The van der Waals surface area contributed by atoms with Crippen LogP contribution in [0.3, 0.4) is 0 Å². The van der Waals surface area contributed by atoms with E-state index in [-0.39, 0.29) is 13.1 Å². The highest BCUT2D eigenvalue weighted by molar-refractivity contribution is 7.88. The molecule has 1 fully saturated rings. The average molecular weight is 308 g/mol. The highest BCUT2D eigenvalue weighted by Crippen LogP contribution is 2.23. The van der Waals surface area contributed by atoms with E-state index in [1.807, 2.05) is 0 Å². The number of nitrogens with zero attached hydrogens (tertiary/aromatic N) is 1. The summed E-state index contributed by atoms with van der Waals surface area (Å²) >= 11 is 0. The first-order chi connectivity index (χ1) is 8.81. The van der Waals surface area contributed by atoms with Crippen molar-refractivity contribution in [2.45, 2.75) is 51.4 Å². The number of sulfonamides is 1. The molecule has 0 radical (unpaired) electrons. The number of amides is 1. The van der Waals surface area contributed by atoms with Gasteiger partial charge in [0.15, 0.2) is 0 Å². The molecule has 1 heterocycles. The molecule has 0 aromatic carbocycles. The zero-order valence-corrected chi connectivity index (χ0v) is 13.5. The summed E-state index contributed by atoms with van der Waals surface area (Å²) in [6.07, 6.45) is 0.819. The van der Waals surface area contributed by atoms with Crippen molar-refractivity contribution in [2.24, 2.45) is 0 Å². The van der Waals surface area contributed by atoms with Crippen molar-refractivity contribution >= 4 is 16.1 Å². The van der Waals surface area contributed by atoms with Crippen molar-refractivity contribution in [2.75, 3.05) is 19.3 Å². The van der Waals surface area contributed by atoms with Crippen LogP contribution in [0.1, 0.15) is 34.1 Å². The first-order valence-corrected chi connectivity index (χ1v) is 8.33. The van der Waals surface area contributed by atoms with E-state index >= 15 is 0 Å². The molecule has 1 aliphatic rings. The Hall–Kier alpha value is -0.860. The predicted octanol–water partition coefficient (Wildman–Crippen LogP) is 0.296. The molecule has 0 aromatic heterocycles. The maximum Gasteiger partial charge on any atom is 0.407 e. The van der Waals surface area contributed by atoms with Gasteiger partial charge in [0, 0.05) is 13.1 Å². The standard InChI is InChI=1S/C12H24N2O5S/c1-11(2,3)19-10(15)13-9-6-7-14(20(5,17)18)8-12(9,4)16/h9,16H,6-8H2,1-5H3,(H,13,15)/t9-,12?/m1/s1. The third-order valence-corrected chi connectivity index (χ3v) is 4.32. The van der Waals surface area contributed by atoms with Crippen LogP contribution >= 0.6 is 0 Å². The largest absolute Gasteiger partial charge is 0.444 e. The van der Waals surface area contributed by atoms with E-state index in [4.69, 9.17) is 4.74 Å². The molecule has 0 aliphatic carbocycles. The lowest BCUT2D eigenvalue weighted by Crippen LogP contribution is -2.62. The molecule has 1 amide bonds. The number of β-amino-alcohol motifs (C(OH)–C–C–N with tert-alkyl or cyclic N) is 1. The molecule has 0 aromatic rings. The fraction of sp³-hybridized carbons (Fsp3) is 0.917. The SMILES string of the molecule is CC(C)(C)OC(=O)N[C@@H]1CCN(S(C)(=O)=O)CC1(C)O. The minimum atomic E-state index is -3.35. The minimum Gasteiger partial charge on any atom is -0.444 e. The van der Waals surface area contributed by atoms with Crippen LogP contribution in [0, 0.1) is 0 Å². The fourth-order valence-corrected chi connectivity index (χ4v) is 3.02. The average Bonchev–Trinajstić information content (AvgIpc) is 2.16. The monoisotopic (exact) mass is 308 g/mol. The molecule has 20 heavy (non-hydrogen) atoms. The smallest absolute Gasteiger partial charge is 0.407 e. The Morgan fingerprint density at radius 3 is 2.40 bits per heavy atom. The van der Waals surface area contributed by atoms with Gasteiger partial charge in [-0.15, -0.1) is 0 Å². The van der Waals surface area contributed by atoms with Gasteiger partial charge in [0.25, 0.3) is 0 Å². The number of alkyl carbamates (subject to hydrolysis) is 1. The van der Waals surface area contributed by atoms with Crippen molar-refractivity contribution < 1.29 is 23.1 Å². The molecule has 1 unspecified atom stereocenters. The van der Waals surface area contributed by atoms with Gasteiger partial charge in [-0.1, -0.05) is 0 Å². The Morgan fingerprint density at radius 2 is 2.00 bits per heavy atom. The molecule has 0 spiro atoms. The number of rotatable bonds is 2. The van der Waals surface area contributed by atoms with Gasteiger partial charge in [-0.25, -0.2) is 13.2 Å². The van der Waals surface area contributed by atoms with Crippen molar-refractivity contribution in [1.29, 1.82) is 0 Å². The number of hydrogen-bond donors (Lipinski definition) is 2. The molecule has 2 N–H and O–H groups in total. The Kier molecular flexibility index (Phi) is 4.72. The Morgan fingerprint density at radius 1 is 1.45 bits per heavy atom. The maximum atomic E-state index is 11.7. The third kappa shape index (κ3) is 4.92. The number of carbonyl (C=O) groups is 1. The van der Waals surface area contributed by atoms with Gasteiger partial charge in [0.2, 0.25) is 10.0 Å². The van der Waals surface area contributed by atoms with E-state index in [9.17, 15) is 18.3 Å². The molecular formula is C12H24N2O5S. The Balaban J connectivity index is 2.68. The van der Waals surface area contributed by atoms with Gasteiger partial charge >= 0.3 is 6.09 Å². The van der Waals surface area contributed by atoms with E-state index in [2.05, 4.69) is 5.32 Å². The Bertz CT molecular complexity index is 467. The van der Waals surface area contributed by atoms with Crippen LogP contribution in [0.2, 0.25) is 0 Å². The van der Waals surface area contributed by atoms with Gasteiger partial charge in [-0.2, -0.15) is 4.31 Å². The highest BCUT2D eigenvalue weighted by Gasteiger charge is 2.42. The second kappa shape index (κ2) is 5.50. The normalized spacial score (nSPS) is 29.0. The van der Waals surface area contributed by atoms with Gasteiger partial charge in [0.05, 0.1) is 17.9 Å². The summed E-state index contributed by atoms with van der Waals surface area (Å²) < 4.78 is 29.3. The molecule has 7 nitrogen and oxygen atoms in total. The summed E-state index contributed by atoms with van der Waals surface area (Å²) in [5.41, 5.74) is -1.96. The number of aliphatic hydroxyl groups is 1. The molecule has 1 aliphatic heterocycles. The predicted molar refractivity (Wildman–Crippen MR) is 74.8 cm³/mol. The van der Waals surface area contributed by atoms with Crippen LogP contribution in [0.25, 0.3) is 0 Å². The minimum absolute atomic E-state index is 0.0493.